The van der Waals surface area contributed by atoms with Crippen molar-refractivity contribution in [2.75, 3.05) is 13.2 Å². The monoisotopic (exact) mass is 939 g/mol. The van der Waals surface area contributed by atoms with Crippen molar-refractivity contribution >= 4 is 17.9 Å². The first kappa shape index (κ1) is 63.5. The van der Waals surface area contributed by atoms with Gasteiger partial charge in [-0.15, -0.1) is 0 Å². The molecule has 68 heavy (non-hydrogen) atoms. The summed E-state index contributed by atoms with van der Waals surface area (Å²) >= 11 is 0. The minimum absolute atomic E-state index is 0.116. The largest absolute Gasteiger partial charge is 0.462 e. The van der Waals surface area contributed by atoms with Crippen LogP contribution in [0.1, 0.15) is 220 Å². The highest BCUT2D eigenvalue weighted by molar-refractivity contribution is 5.71. The molecule has 0 saturated heterocycles. The predicted molar refractivity (Wildman–Crippen MR) is 292 cm³/mol. The van der Waals surface area contributed by atoms with E-state index in [1.165, 1.54) is 44.9 Å². The fraction of sp³-hybridized carbons (Fsp3) is 0.597. The Morgan fingerprint density at radius 3 is 0.985 bits per heavy atom. The van der Waals surface area contributed by atoms with Crippen molar-refractivity contribution in [3.8, 4) is 0 Å². The van der Waals surface area contributed by atoms with Crippen molar-refractivity contribution in [1.82, 2.24) is 0 Å². The van der Waals surface area contributed by atoms with Crippen LogP contribution in [0.4, 0.5) is 0 Å². The number of hydrogen-bond donors (Lipinski definition) is 0. The van der Waals surface area contributed by atoms with Crippen molar-refractivity contribution in [3.63, 3.8) is 0 Å². The average Bonchev–Trinajstić information content (AvgIpc) is 3.34. The summed E-state index contributed by atoms with van der Waals surface area (Å²) in [7, 11) is 0. The highest BCUT2D eigenvalue weighted by atomic mass is 16.6. The van der Waals surface area contributed by atoms with Crippen molar-refractivity contribution in [2.24, 2.45) is 0 Å². The molecule has 0 aliphatic rings. The zero-order valence-electron chi connectivity index (χ0n) is 43.6. The highest BCUT2D eigenvalue weighted by Crippen LogP contribution is 2.13. The summed E-state index contributed by atoms with van der Waals surface area (Å²) in [5.41, 5.74) is 0. The van der Waals surface area contributed by atoms with Gasteiger partial charge in [-0.3, -0.25) is 14.4 Å². The van der Waals surface area contributed by atoms with E-state index in [1.807, 2.05) is 12.2 Å². The molecule has 0 spiro atoms. The van der Waals surface area contributed by atoms with Gasteiger partial charge in [-0.1, -0.05) is 219 Å². The molecule has 6 heteroatoms. The molecule has 0 N–H and O–H groups in total. The number of hydrogen-bond acceptors (Lipinski definition) is 6. The molecule has 0 aromatic rings. The predicted octanol–water partition coefficient (Wildman–Crippen LogP) is 18.3. The quantitative estimate of drug-likeness (QED) is 0.0262. The van der Waals surface area contributed by atoms with Crippen LogP contribution in [-0.2, 0) is 28.6 Å². The van der Waals surface area contributed by atoms with Crippen LogP contribution in [-0.4, -0.2) is 37.2 Å². The summed E-state index contributed by atoms with van der Waals surface area (Å²) in [6.07, 6.45) is 77.4. The number of rotatable bonds is 47. The molecule has 0 aliphatic carbocycles. The molecule has 0 rings (SSSR count). The molecule has 382 valence electrons. The van der Waals surface area contributed by atoms with E-state index >= 15 is 0 Å². The number of unbranched alkanes of at least 4 members (excludes halogenated alkanes) is 14. The Kier molecular flexibility index (Phi) is 51.5. The molecule has 0 aliphatic heterocycles. The second-order valence-corrected chi connectivity index (χ2v) is 17.4. The van der Waals surface area contributed by atoms with Crippen LogP contribution < -0.4 is 0 Å². The van der Waals surface area contributed by atoms with Gasteiger partial charge in [0.05, 0.1) is 0 Å². The molecular formula is C62H98O6. The van der Waals surface area contributed by atoms with Gasteiger partial charge in [0.2, 0.25) is 0 Å². The van der Waals surface area contributed by atoms with Gasteiger partial charge in [0.1, 0.15) is 13.2 Å². The van der Waals surface area contributed by atoms with Gasteiger partial charge in [-0.25, -0.2) is 0 Å². The van der Waals surface area contributed by atoms with Gasteiger partial charge in [0, 0.05) is 19.3 Å². The minimum atomic E-state index is -0.823. The van der Waals surface area contributed by atoms with Gasteiger partial charge >= 0.3 is 17.9 Å². The summed E-state index contributed by atoms with van der Waals surface area (Å²) in [6.45, 7) is 6.26. The van der Waals surface area contributed by atoms with Crippen LogP contribution in [0.3, 0.4) is 0 Å². The zero-order chi connectivity index (χ0) is 49.3. The summed E-state index contributed by atoms with van der Waals surface area (Å²) in [6, 6.07) is 0. The summed E-state index contributed by atoms with van der Waals surface area (Å²) < 4.78 is 16.7. The normalized spacial score (nSPS) is 13.2. The summed E-state index contributed by atoms with van der Waals surface area (Å²) in [5.74, 6) is -1.03. The van der Waals surface area contributed by atoms with Gasteiger partial charge in [-0.05, 0) is 116 Å². The number of ether oxygens (including phenoxy) is 3. The third kappa shape index (κ3) is 52.5. The lowest BCUT2D eigenvalue weighted by Crippen LogP contribution is -2.30. The Labute approximate surface area is 417 Å². The second-order valence-electron chi connectivity index (χ2n) is 17.4. The van der Waals surface area contributed by atoms with Gasteiger partial charge in [0.25, 0.3) is 0 Å². The van der Waals surface area contributed by atoms with Crippen molar-refractivity contribution in [3.05, 3.63) is 134 Å². The van der Waals surface area contributed by atoms with Crippen LogP contribution in [0.5, 0.6) is 0 Å². The van der Waals surface area contributed by atoms with Crippen LogP contribution in [0.15, 0.2) is 134 Å². The number of esters is 3. The minimum Gasteiger partial charge on any atom is -0.462 e. The Morgan fingerprint density at radius 2 is 0.603 bits per heavy atom. The Bertz CT molecular complexity index is 1500. The highest BCUT2D eigenvalue weighted by Gasteiger charge is 2.19. The van der Waals surface area contributed by atoms with E-state index in [9.17, 15) is 14.4 Å². The van der Waals surface area contributed by atoms with Crippen molar-refractivity contribution in [1.29, 1.82) is 0 Å². The molecule has 1 unspecified atom stereocenters. The van der Waals surface area contributed by atoms with Crippen LogP contribution in [0.25, 0.3) is 0 Å². The third-order valence-electron chi connectivity index (χ3n) is 10.9. The molecule has 0 aromatic carbocycles. The van der Waals surface area contributed by atoms with E-state index < -0.39 is 6.10 Å². The van der Waals surface area contributed by atoms with E-state index in [-0.39, 0.29) is 44.0 Å². The summed E-state index contributed by atoms with van der Waals surface area (Å²) in [4.78, 5) is 38.0. The third-order valence-corrected chi connectivity index (χ3v) is 10.9. The fourth-order valence-corrected chi connectivity index (χ4v) is 6.85. The first-order valence-corrected chi connectivity index (χ1v) is 27.2. The van der Waals surface area contributed by atoms with Crippen LogP contribution >= 0.6 is 0 Å². The van der Waals surface area contributed by atoms with Gasteiger partial charge in [-0.2, -0.15) is 0 Å². The van der Waals surface area contributed by atoms with Crippen molar-refractivity contribution < 1.29 is 28.6 Å². The van der Waals surface area contributed by atoms with Crippen LogP contribution in [0.2, 0.25) is 0 Å². The maximum absolute atomic E-state index is 12.8. The van der Waals surface area contributed by atoms with E-state index in [4.69, 9.17) is 14.2 Å². The lowest BCUT2D eigenvalue weighted by atomic mass is 10.1. The maximum Gasteiger partial charge on any atom is 0.306 e. The molecule has 0 bridgehead atoms. The van der Waals surface area contributed by atoms with Gasteiger partial charge < -0.3 is 14.2 Å². The van der Waals surface area contributed by atoms with E-state index in [1.54, 1.807) is 0 Å². The molecule has 0 saturated carbocycles. The standard InChI is InChI=1S/C62H98O6/c1-4-7-10-13-16-19-22-25-27-28-29-30-31-32-33-34-35-38-40-43-46-49-52-55-61(64)67-58-59(57-66-60(63)54-51-48-45-42-39-36-24-21-18-15-12-9-6-3)68-62(65)56-53-50-47-44-41-37-26-23-20-17-14-11-8-5-2/h7,9-10,12,14,16-19,21,23,25-27,29-30,32-33,36,39,45,48,59H,4-6,8,11,13,15,20,22,24,28,31,34-35,37-38,40-44,46-47,49-58H2,1-3H3/b10-7-,12-9-,17-14-,19-16-,21-18-,26-23-,27-25-,30-29-,33-32-,39-36-,48-45-. The van der Waals surface area contributed by atoms with E-state index in [0.29, 0.717) is 12.8 Å². The Morgan fingerprint density at radius 1 is 0.309 bits per heavy atom. The average molecular weight is 939 g/mol. The van der Waals surface area contributed by atoms with E-state index in [2.05, 4.69) is 142 Å². The molecule has 0 heterocycles. The molecular weight excluding hydrogens is 841 g/mol. The molecule has 0 radical (unpaired) electrons. The smallest absolute Gasteiger partial charge is 0.306 e. The lowest BCUT2D eigenvalue weighted by molar-refractivity contribution is -0.166. The number of carbonyl (C=O) groups excluding carboxylic acids is 3. The maximum atomic E-state index is 12.8. The first-order chi connectivity index (χ1) is 33.5. The second kappa shape index (κ2) is 55.1. The van der Waals surface area contributed by atoms with Gasteiger partial charge in [0.15, 0.2) is 6.10 Å². The first-order valence-electron chi connectivity index (χ1n) is 27.2. The molecule has 1 atom stereocenters. The Hall–Kier alpha value is -4.45. The molecule has 6 nitrogen and oxygen atoms in total. The Balaban J connectivity index is 4.46. The molecule has 0 fully saturated rings. The molecule has 0 aromatic heterocycles. The fourth-order valence-electron chi connectivity index (χ4n) is 6.85. The zero-order valence-corrected chi connectivity index (χ0v) is 43.6. The number of allylic oxidation sites excluding steroid dienone is 22. The topological polar surface area (TPSA) is 78.9 Å². The number of carbonyl (C=O) groups is 3. The van der Waals surface area contributed by atoms with Crippen LogP contribution in [0, 0.1) is 0 Å². The summed E-state index contributed by atoms with van der Waals surface area (Å²) in [5, 5.41) is 0. The van der Waals surface area contributed by atoms with E-state index in [0.717, 1.165) is 128 Å². The van der Waals surface area contributed by atoms with Crippen molar-refractivity contribution in [2.45, 2.75) is 226 Å². The molecule has 0 amide bonds. The lowest BCUT2D eigenvalue weighted by Gasteiger charge is -2.18. The SMILES string of the molecule is CC/C=C\C/C=C\C/C=C\C/C=C\C/C=C\CCCCCCCCCC(=O)OCC(COC(=O)CC/C=C\C/C=C\C/C=C\C/C=C\CC)OC(=O)CCCCCCC/C=C\C/C=C\CCCC.